The topological polar surface area (TPSA) is 151 Å². The van der Waals surface area contributed by atoms with E-state index in [0.29, 0.717) is 31.4 Å². The molecule has 0 aliphatic rings. The first-order valence-corrected chi connectivity index (χ1v) is 13.1. The van der Waals surface area contributed by atoms with Crippen molar-refractivity contribution in [2.24, 2.45) is 23.5 Å². The van der Waals surface area contributed by atoms with Crippen LogP contribution in [0.2, 0.25) is 0 Å². The highest BCUT2D eigenvalue weighted by atomic mass is 32.2. The highest BCUT2D eigenvalue weighted by Crippen LogP contribution is 2.12. The second-order valence-corrected chi connectivity index (χ2v) is 10.5. The lowest BCUT2D eigenvalue weighted by Gasteiger charge is -2.27. The molecule has 0 heterocycles. The van der Waals surface area contributed by atoms with Gasteiger partial charge in [0.1, 0.15) is 18.1 Å². The van der Waals surface area contributed by atoms with Crippen molar-refractivity contribution >= 4 is 35.5 Å². The predicted molar refractivity (Wildman–Crippen MR) is 133 cm³/mol. The molecule has 33 heavy (non-hydrogen) atoms. The SMILES string of the molecule is CCC(C)C(NC(=O)C(CC(C)C)NC(=O)C(CCSC)NC(=O)C(N)CC(C)C)C(=O)O. The lowest BCUT2D eigenvalue weighted by atomic mass is 9.97. The van der Waals surface area contributed by atoms with Crippen LogP contribution in [0.1, 0.15) is 67.2 Å². The summed E-state index contributed by atoms with van der Waals surface area (Å²) < 4.78 is 0. The zero-order valence-electron chi connectivity index (χ0n) is 21.1. The Morgan fingerprint density at radius 1 is 0.848 bits per heavy atom. The van der Waals surface area contributed by atoms with E-state index in [2.05, 4.69) is 16.0 Å². The molecule has 5 unspecified atom stereocenters. The number of hydrogen-bond acceptors (Lipinski definition) is 6. The number of rotatable bonds is 16. The van der Waals surface area contributed by atoms with Crippen LogP contribution in [0.3, 0.4) is 0 Å². The molecule has 0 aromatic heterocycles. The van der Waals surface area contributed by atoms with Gasteiger partial charge in [0.05, 0.1) is 6.04 Å². The Bertz CT molecular complexity index is 644. The Kier molecular flexibility index (Phi) is 15.1. The van der Waals surface area contributed by atoms with Crippen LogP contribution in [0.5, 0.6) is 0 Å². The van der Waals surface area contributed by atoms with Gasteiger partial charge in [-0.05, 0) is 49.0 Å². The summed E-state index contributed by atoms with van der Waals surface area (Å²) in [6.07, 6.45) is 3.69. The fraction of sp³-hybridized carbons (Fsp3) is 0.826. The zero-order chi connectivity index (χ0) is 25.7. The molecule has 0 radical (unpaired) electrons. The molecule has 0 rings (SSSR count). The second kappa shape index (κ2) is 15.9. The normalized spacial score (nSPS) is 15.9. The summed E-state index contributed by atoms with van der Waals surface area (Å²) >= 11 is 1.54. The molecule has 0 bridgehead atoms. The number of carbonyl (C=O) groups excluding carboxylic acids is 3. The number of thioether (sulfide) groups is 1. The predicted octanol–water partition coefficient (Wildman–Crippen LogP) is 1.74. The number of nitrogens with two attached hydrogens (primary N) is 1. The van der Waals surface area contributed by atoms with Crippen LogP contribution in [0, 0.1) is 17.8 Å². The summed E-state index contributed by atoms with van der Waals surface area (Å²) in [5.41, 5.74) is 5.97. The quantitative estimate of drug-likeness (QED) is 0.222. The molecular weight excluding hydrogens is 444 g/mol. The van der Waals surface area contributed by atoms with Gasteiger partial charge in [-0.3, -0.25) is 14.4 Å². The van der Waals surface area contributed by atoms with Gasteiger partial charge in [-0.1, -0.05) is 48.0 Å². The second-order valence-electron chi connectivity index (χ2n) is 9.48. The maximum absolute atomic E-state index is 13.1. The summed E-state index contributed by atoms with van der Waals surface area (Å²) in [6, 6.07) is -3.52. The van der Waals surface area contributed by atoms with Crippen LogP contribution < -0.4 is 21.7 Å². The third kappa shape index (κ3) is 12.3. The van der Waals surface area contributed by atoms with E-state index in [-0.39, 0.29) is 17.8 Å². The van der Waals surface area contributed by atoms with Gasteiger partial charge in [-0.25, -0.2) is 4.79 Å². The van der Waals surface area contributed by atoms with E-state index in [1.165, 1.54) is 11.8 Å². The highest BCUT2D eigenvalue weighted by Gasteiger charge is 2.32. The van der Waals surface area contributed by atoms with Crippen molar-refractivity contribution in [2.45, 2.75) is 91.4 Å². The summed E-state index contributed by atoms with van der Waals surface area (Å²) in [4.78, 5) is 50.1. The summed E-state index contributed by atoms with van der Waals surface area (Å²) in [5, 5.41) is 17.5. The molecule has 0 aromatic carbocycles. The minimum Gasteiger partial charge on any atom is -0.480 e. The van der Waals surface area contributed by atoms with Crippen LogP contribution in [-0.4, -0.2) is 65.0 Å². The molecular formula is C23H44N4O5S. The van der Waals surface area contributed by atoms with Gasteiger partial charge in [0.15, 0.2) is 0 Å². The van der Waals surface area contributed by atoms with Crippen molar-refractivity contribution in [1.82, 2.24) is 16.0 Å². The fourth-order valence-corrected chi connectivity index (χ4v) is 3.78. The largest absolute Gasteiger partial charge is 0.480 e. The van der Waals surface area contributed by atoms with Crippen LogP contribution >= 0.6 is 11.8 Å². The van der Waals surface area contributed by atoms with Gasteiger partial charge >= 0.3 is 5.97 Å². The van der Waals surface area contributed by atoms with Crippen LogP contribution in [-0.2, 0) is 19.2 Å². The molecule has 5 atom stereocenters. The molecule has 0 aromatic rings. The maximum atomic E-state index is 13.1. The number of carbonyl (C=O) groups is 4. The number of carboxylic acids is 1. The molecule has 0 spiro atoms. The Labute approximate surface area is 202 Å². The van der Waals surface area contributed by atoms with Crippen LogP contribution in [0.15, 0.2) is 0 Å². The van der Waals surface area contributed by atoms with E-state index < -0.39 is 47.9 Å². The summed E-state index contributed by atoms with van der Waals surface area (Å²) in [6.45, 7) is 11.3. The molecule has 0 fully saturated rings. The molecule has 10 heteroatoms. The van der Waals surface area contributed by atoms with Gasteiger partial charge in [0.2, 0.25) is 17.7 Å². The molecule has 3 amide bonds. The fourth-order valence-electron chi connectivity index (χ4n) is 3.31. The average Bonchev–Trinajstić information content (AvgIpc) is 2.72. The molecule has 192 valence electrons. The molecule has 9 nitrogen and oxygen atoms in total. The Hall–Kier alpha value is -1.81. The minimum atomic E-state index is -1.11. The third-order valence-corrected chi connectivity index (χ3v) is 6.07. The van der Waals surface area contributed by atoms with Crippen molar-refractivity contribution in [3.8, 4) is 0 Å². The summed E-state index contributed by atoms with van der Waals surface area (Å²) in [7, 11) is 0. The van der Waals surface area contributed by atoms with Gasteiger partial charge < -0.3 is 26.8 Å². The molecule has 0 aliphatic heterocycles. The lowest BCUT2D eigenvalue weighted by Crippen LogP contribution is -2.58. The standard InChI is InChI=1S/C23H44N4O5S/c1-8-15(6)19(23(31)32)27-22(30)18(12-14(4)5)26-21(29)17(9-10-33-7)25-20(28)16(24)11-13(2)3/h13-19H,8-12,24H2,1-7H3,(H,25,28)(H,26,29)(H,27,30)(H,31,32). The van der Waals surface area contributed by atoms with Gasteiger partial charge in [-0.2, -0.15) is 11.8 Å². The van der Waals surface area contributed by atoms with Crippen molar-refractivity contribution in [2.75, 3.05) is 12.0 Å². The average molecular weight is 489 g/mol. The summed E-state index contributed by atoms with van der Waals surface area (Å²) in [5.74, 6) is -1.87. The molecule has 6 N–H and O–H groups in total. The van der Waals surface area contributed by atoms with Gasteiger partial charge in [0.25, 0.3) is 0 Å². The zero-order valence-corrected chi connectivity index (χ0v) is 22.0. The maximum Gasteiger partial charge on any atom is 0.326 e. The minimum absolute atomic E-state index is 0.0756. The van der Waals surface area contributed by atoms with E-state index >= 15 is 0 Å². The number of amides is 3. The number of hydrogen-bond donors (Lipinski definition) is 5. The van der Waals surface area contributed by atoms with Gasteiger partial charge in [0, 0.05) is 0 Å². The van der Waals surface area contributed by atoms with Crippen molar-refractivity contribution < 1.29 is 24.3 Å². The van der Waals surface area contributed by atoms with E-state index in [9.17, 15) is 24.3 Å². The number of carboxylic acid groups (broad SMARTS) is 1. The third-order valence-electron chi connectivity index (χ3n) is 5.42. The molecule has 0 saturated carbocycles. The first kappa shape index (κ1) is 31.2. The Balaban J connectivity index is 5.50. The number of nitrogens with one attached hydrogen (secondary N) is 3. The number of aliphatic carboxylic acids is 1. The lowest BCUT2D eigenvalue weighted by molar-refractivity contribution is -0.144. The monoisotopic (exact) mass is 488 g/mol. The molecule has 0 saturated heterocycles. The van der Waals surface area contributed by atoms with E-state index in [0.717, 1.165) is 0 Å². The van der Waals surface area contributed by atoms with Crippen molar-refractivity contribution in [1.29, 1.82) is 0 Å². The van der Waals surface area contributed by atoms with Crippen LogP contribution in [0.25, 0.3) is 0 Å². The Morgan fingerprint density at radius 3 is 1.82 bits per heavy atom. The van der Waals surface area contributed by atoms with Gasteiger partial charge in [-0.15, -0.1) is 0 Å². The van der Waals surface area contributed by atoms with E-state index in [4.69, 9.17) is 5.73 Å². The first-order chi connectivity index (χ1) is 15.3. The highest BCUT2D eigenvalue weighted by molar-refractivity contribution is 7.98. The van der Waals surface area contributed by atoms with E-state index in [1.807, 2.05) is 40.9 Å². The van der Waals surface area contributed by atoms with Crippen molar-refractivity contribution in [3.63, 3.8) is 0 Å². The Morgan fingerprint density at radius 2 is 1.36 bits per heavy atom. The first-order valence-electron chi connectivity index (χ1n) is 11.7. The smallest absolute Gasteiger partial charge is 0.326 e. The van der Waals surface area contributed by atoms with Crippen LogP contribution in [0.4, 0.5) is 0 Å². The van der Waals surface area contributed by atoms with E-state index in [1.54, 1.807) is 6.92 Å². The molecule has 0 aliphatic carbocycles. The van der Waals surface area contributed by atoms with Crippen molar-refractivity contribution in [3.05, 3.63) is 0 Å².